The van der Waals surface area contributed by atoms with Crippen LogP contribution in [0.5, 0.6) is 0 Å². The van der Waals surface area contributed by atoms with E-state index in [9.17, 15) is 5.26 Å². The molecule has 6 nitrogen and oxygen atoms in total. The van der Waals surface area contributed by atoms with E-state index in [4.69, 9.17) is 0 Å². The van der Waals surface area contributed by atoms with Crippen molar-refractivity contribution < 1.29 is 0 Å². The molecular formula is C17H18N6. The zero-order chi connectivity index (χ0) is 15.8. The maximum atomic E-state index is 9.48. The smallest absolute Gasteiger partial charge is 0.122 e. The van der Waals surface area contributed by atoms with Gasteiger partial charge in [-0.05, 0) is 49.2 Å². The van der Waals surface area contributed by atoms with Crippen LogP contribution in [0.3, 0.4) is 0 Å². The van der Waals surface area contributed by atoms with Gasteiger partial charge in [0.15, 0.2) is 0 Å². The lowest BCUT2D eigenvalue weighted by atomic mass is 9.91. The van der Waals surface area contributed by atoms with Crippen LogP contribution in [0.4, 0.5) is 0 Å². The van der Waals surface area contributed by atoms with Gasteiger partial charge in [0.05, 0.1) is 18.0 Å². The molecule has 3 atom stereocenters. The van der Waals surface area contributed by atoms with Crippen LogP contribution >= 0.6 is 0 Å². The molecule has 0 amide bonds. The topological polar surface area (TPSA) is 62.7 Å². The maximum absolute atomic E-state index is 9.48. The van der Waals surface area contributed by atoms with E-state index in [0.717, 1.165) is 23.9 Å². The second kappa shape index (κ2) is 5.43. The van der Waals surface area contributed by atoms with Gasteiger partial charge in [0.25, 0.3) is 0 Å². The molecule has 0 radical (unpaired) electrons. The van der Waals surface area contributed by atoms with Crippen LogP contribution in [-0.4, -0.2) is 25.7 Å². The minimum atomic E-state index is -0.00947. The molecule has 1 aliphatic heterocycles. The molecule has 4 rings (SSSR count). The Morgan fingerprint density at radius 3 is 2.70 bits per heavy atom. The van der Waals surface area contributed by atoms with Crippen molar-refractivity contribution in [1.29, 1.82) is 5.26 Å². The van der Waals surface area contributed by atoms with Gasteiger partial charge < -0.3 is 4.57 Å². The van der Waals surface area contributed by atoms with E-state index in [1.807, 2.05) is 41.2 Å². The molecule has 0 aliphatic carbocycles. The fraction of sp³-hybridized carbons (Fsp3) is 0.353. The second-order valence-corrected chi connectivity index (χ2v) is 6.01. The fourth-order valence-corrected chi connectivity index (χ4v) is 3.49. The lowest BCUT2D eigenvalue weighted by Crippen LogP contribution is -2.53. The monoisotopic (exact) mass is 306 g/mol. The molecule has 2 aromatic heterocycles. The molecule has 6 heteroatoms. The highest BCUT2D eigenvalue weighted by Gasteiger charge is 2.37. The van der Waals surface area contributed by atoms with Gasteiger partial charge in [-0.3, -0.25) is 5.01 Å². The Hall–Kier alpha value is -2.81. The van der Waals surface area contributed by atoms with Gasteiger partial charge in [-0.15, -0.1) is 5.10 Å². The Morgan fingerprint density at radius 1 is 1.13 bits per heavy atom. The molecule has 3 aromatic rings. The molecule has 0 N–H and O–H groups in total. The molecule has 3 unspecified atom stereocenters. The average molecular weight is 306 g/mol. The number of rotatable bonds is 2. The van der Waals surface area contributed by atoms with Crippen LogP contribution in [-0.2, 0) is 0 Å². The third kappa shape index (κ3) is 2.16. The number of hydrogen-bond acceptors (Lipinski definition) is 4. The first-order chi connectivity index (χ1) is 11.3. The summed E-state index contributed by atoms with van der Waals surface area (Å²) in [4.78, 5) is 1.87. The number of aromatic nitrogens is 4. The summed E-state index contributed by atoms with van der Waals surface area (Å²) in [6.45, 7) is 2.10. The highest BCUT2D eigenvalue weighted by atomic mass is 15.7. The first-order valence-electron chi connectivity index (χ1n) is 7.91. The molecule has 1 fully saturated rings. The van der Waals surface area contributed by atoms with Gasteiger partial charge in [0.2, 0.25) is 0 Å². The summed E-state index contributed by atoms with van der Waals surface area (Å²) in [5, 5.41) is 20.3. The van der Waals surface area contributed by atoms with Crippen molar-refractivity contribution in [3.63, 3.8) is 0 Å². The van der Waals surface area contributed by atoms with Crippen molar-refractivity contribution in [1.82, 2.24) is 19.7 Å². The quantitative estimate of drug-likeness (QED) is 0.730. The molecule has 116 valence electrons. The Kier molecular flexibility index (Phi) is 3.27. The molecule has 1 aromatic carbocycles. The number of para-hydroxylation sites is 1. The first kappa shape index (κ1) is 13.8. The van der Waals surface area contributed by atoms with E-state index in [1.165, 1.54) is 0 Å². The Balaban J connectivity index is 1.84. The summed E-state index contributed by atoms with van der Waals surface area (Å²) in [5.41, 5.74) is 1.83. The van der Waals surface area contributed by atoms with E-state index in [0.29, 0.717) is 0 Å². The SMILES string of the molecule is CC1C(C#N)CCC(n2cccc2)N1n1nnc2ccccc21. The highest BCUT2D eigenvalue weighted by Crippen LogP contribution is 2.33. The number of nitriles is 1. The lowest BCUT2D eigenvalue weighted by molar-refractivity contribution is 0.221. The molecule has 0 saturated carbocycles. The van der Waals surface area contributed by atoms with Gasteiger partial charge >= 0.3 is 0 Å². The number of fused-ring (bicyclic) bond motifs is 1. The number of nitrogens with zero attached hydrogens (tertiary/aromatic N) is 6. The van der Waals surface area contributed by atoms with Crippen molar-refractivity contribution >= 4 is 11.0 Å². The summed E-state index contributed by atoms with van der Waals surface area (Å²) in [6, 6.07) is 14.5. The predicted molar refractivity (Wildman–Crippen MR) is 87.0 cm³/mol. The summed E-state index contributed by atoms with van der Waals surface area (Å²) in [7, 11) is 0. The summed E-state index contributed by atoms with van der Waals surface area (Å²) >= 11 is 0. The molecule has 0 bridgehead atoms. The first-order valence-corrected chi connectivity index (χ1v) is 7.91. The minimum Gasteiger partial charge on any atom is -0.332 e. The summed E-state index contributed by atoms with van der Waals surface area (Å²) < 4.78 is 2.18. The molecule has 3 heterocycles. The zero-order valence-electron chi connectivity index (χ0n) is 12.9. The van der Waals surface area contributed by atoms with Crippen molar-refractivity contribution in [2.24, 2.45) is 5.92 Å². The fourth-order valence-electron chi connectivity index (χ4n) is 3.49. The van der Waals surface area contributed by atoms with Crippen molar-refractivity contribution in [3.8, 4) is 6.07 Å². The number of piperidine rings is 1. The molecule has 1 saturated heterocycles. The largest absolute Gasteiger partial charge is 0.332 e. The number of benzene rings is 1. The van der Waals surface area contributed by atoms with Gasteiger partial charge in [-0.1, -0.05) is 12.1 Å². The van der Waals surface area contributed by atoms with E-state index in [-0.39, 0.29) is 18.1 Å². The van der Waals surface area contributed by atoms with Crippen LogP contribution in [0.1, 0.15) is 25.9 Å². The third-order valence-electron chi connectivity index (χ3n) is 4.73. The van der Waals surface area contributed by atoms with Gasteiger partial charge in [-0.25, -0.2) is 0 Å². The van der Waals surface area contributed by atoms with E-state index in [2.05, 4.69) is 45.3 Å². The van der Waals surface area contributed by atoms with Gasteiger partial charge in [-0.2, -0.15) is 10.1 Å². The van der Waals surface area contributed by atoms with Crippen LogP contribution in [0.25, 0.3) is 11.0 Å². The molecule has 0 spiro atoms. The lowest BCUT2D eigenvalue weighted by Gasteiger charge is -2.44. The Labute approximate surface area is 134 Å². The van der Waals surface area contributed by atoms with E-state index < -0.39 is 0 Å². The summed E-state index contributed by atoms with van der Waals surface area (Å²) in [5.74, 6) is -0.00947. The predicted octanol–water partition coefficient (Wildman–Crippen LogP) is 2.69. The average Bonchev–Trinajstić information content (AvgIpc) is 3.24. The van der Waals surface area contributed by atoms with E-state index >= 15 is 0 Å². The minimum absolute atomic E-state index is 0.00947. The van der Waals surface area contributed by atoms with Crippen molar-refractivity contribution in [2.45, 2.75) is 32.0 Å². The standard InChI is InChI=1S/C17H18N6/c1-13-14(12-18)8-9-17(21-10-4-5-11-21)22(13)23-16-7-3-2-6-15(16)19-20-23/h2-7,10-11,13-14,17H,8-9H2,1H3. The highest BCUT2D eigenvalue weighted by molar-refractivity contribution is 5.74. The van der Waals surface area contributed by atoms with Crippen LogP contribution in [0, 0.1) is 17.2 Å². The van der Waals surface area contributed by atoms with Crippen LogP contribution in [0.2, 0.25) is 0 Å². The summed E-state index contributed by atoms with van der Waals surface area (Å²) in [6.07, 6.45) is 6.07. The van der Waals surface area contributed by atoms with Crippen LogP contribution < -0.4 is 5.01 Å². The zero-order valence-corrected chi connectivity index (χ0v) is 12.9. The Bertz CT molecular complexity index is 843. The van der Waals surface area contributed by atoms with Gasteiger partial charge in [0, 0.05) is 12.4 Å². The maximum Gasteiger partial charge on any atom is 0.122 e. The Morgan fingerprint density at radius 2 is 1.91 bits per heavy atom. The molecule has 1 aliphatic rings. The van der Waals surface area contributed by atoms with Crippen molar-refractivity contribution in [3.05, 3.63) is 48.8 Å². The number of hydrogen-bond donors (Lipinski definition) is 0. The van der Waals surface area contributed by atoms with Crippen molar-refractivity contribution in [2.75, 3.05) is 5.01 Å². The van der Waals surface area contributed by atoms with Gasteiger partial charge in [0.1, 0.15) is 17.2 Å². The van der Waals surface area contributed by atoms with E-state index in [1.54, 1.807) is 0 Å². The second-order valence-electron chi connectivity index (χ2n) is 6.01. The molecule has 23 heavy (non-hydrogen) atoms. The molecular weight excluding hydrogens is 288 g/mol. The van der Waals surface area contributed by atoms with Crippen LogP contribution in [0.15, 0.2) is 48.8 Å². The normalized spacial score (nSPS) is 24.7. The third-order valence-corrected chi connectivity index (χ3v) is 4.73.